The lowest BCUT2D eigenvalue weighted by Gasteiger charge is -2.33. The first-order valence-corrected chi connectivity index (χ1v) is 8.90. The molecule has 0 bridgehead atoms. The molecule has 0 saturated carbocycles. The number of carbonyl (C=O) groups is 1. The molecule has 2 aliphatic rings. The van der Waals surface area contributed by atoms with Crippen LogP contribution in [-0.4, -0.2) is 52.9 Å². The third-order valence-corrected chi connectivity index (χ3v) is 4.50. The first kappa shape index (κ1) is 10.4. The molecule has 1 amide bonds. The van der Waals surface area contributed by atoms with Crippen LogP contribution in [0.4, 0.5) is 4.79 Å². The molecular weight excluding hydrogens is 355 g/mol. The molecule has 3 rings (SSSR count). The third kappa shape index (κ3) is 4.52. The smallest absolute Gasteiger partial charge is 0.444 e. The van der Waals surface area contributed by atoms with Crippen molar-refractivity contribution >= 4 is 18.8 Å². The molecule has 154 valence electrons. The molecule has 2 saturated heterocycles. The minimum atomic E-state index is -3.83. The van der Waals surface area contributed by atoms with Crippen molar-refractivity contribution in [1.82, 2.24) is 9.88 Å². The maximum absolute atomic E-state index is 13.0. The predicted molar refractivity (Wildman–Crippen MR) is 110 cm³/mol. The van der Waals surface area contributed by atoms with E-state index in [4.69, 9.17) is 30.5 Å². The average Bonchev–Trinajstić information content (AvgIpc) is 2.94. The van der Waals surface area contributed by atoms with Crippen molar-refractivity contribution in [3.05, 3.63) is 23.8 Å². The Balaban J connectivity index is 2.36. The second-order valence-corrected chi connectivity index (χ2v) is 8.49. The molecule has 0 N–H and O–H groups in total. The van der Waals surface area contributed by atoms with Crippen LogP contribution < -0.4 is 5.59 Å². The molecule has 2 aliphatic heterocycles. The normalized spacial score (nSPS) is 37.0. The molecule has 7 heteroatoms. The molecule has 0 spiro atoms. The summed E-state index contributed by atoms with van der Waals surface area (Å²) in [7, 11) is -1.46. The van der Waals surface area contributed by atoms with Crippen LogP contribution in [0, 0.1) is 0 Å². The van der Waals surface area contributed by atoms with Crippen LogP contribution >= 0.6 is 0 Å². The predicted octanol–water partition coefficient (Wildman–Crippen LogP) is 3.50. The van der Waals surface area contributed by atoms with Gasteiger partial charge in [0, 0.05) is 31.5 Å². The number of piperidine rings is 1. The first-order chi connectivity index (χ1) is 17.5. The van der Waals surface area contributed by atoms with Gasteiger partial charge in [0.15, 0.2) is 0 Å². The second-order valence-electron chi connectivity index (χ2n) is 8.49. The van der Waals surface area contributed by atoms with Gasteiger partial charge in [-0.3, -0.25) is 4.98 Å². The lowest BCUT2D eigenvalue weighted by Crippen LogP contribution is -2.41. The molecule has 1 aromatic heterocycles. The Labute approximate surface area is 185 Å². The molecule has 0 aromatic carbocycles. The van der Waals surface area contributed by atoms with Crippen molar-refractivity contribution in [3.8, 4) is 0 Å². The highest BCUT2D eigenvalue weighted by Crippen LogP contribution is 2.36. The number of carbonyl (C=O) groups excluding carboxylic acids is 1. The number of ether oxygens (including phenoxy) is 1. The minimum Gasteiger partial charge on any atom is -0.444 e. The summed E-state index contributed by atoms with van der Waals surface area (Å²) < 4.78 is 120. The van der Waals surface area contributed by atoms with Crippen molar-refractivity contribution in [2.24, 2.45) is 0 Å². The van der Waals surface area contributed by atoms with Gasteiger partial charge in [-0.05, 0) is 84.8 Å². The molecular formula is C21H33BN2O4. The summed E-state index contributed by atoms with van der Waals surface area (Å²) in [4.78, 5) is 16.5. The molecule has 28 heavy (non-hydrogen) atoms. The number of amides is 1. The van der Waals surface area contributed by atoms with Gasteiger partial charge in [-0.15, -0.1) is 0 Å². The quantitative estimate of drug-likeness (QED) is 0.712. The fourth-order valence-corrected chi connectivity index (χ4v) is 2.33. The van der Waals surface area contributed by atoms with Crippen LogP contribution in [0.1, 0.15) is 89.1 Å². The van der Waals surface area contributed by atoms with Crippen LogP contribution in [0.15, 0.2) is 18.3 Å². The Morgan fingerprint density at radius 1 is 1.32 bits per heavy atom. The van der Waals surface area contributed by atoms with E-state index in [0.29, 0.717) is 0 Å². The molecule has 2 fully saturated rings. The van der Waals surface area contributed by atoms with E-state index in [2.05, 4.69) is 4.98 Å². The van der Waals surface area contributed by atoms with E-state index >= 15 is 0 Å². The van der Waals surface area contributed by atoms with Crippen LogP contribution in [0.5, 0.6) is 0 Å². The third-order valence-electron chi connectivity index (χ3n) is 4.50. The van der Waals surface area contributed by atoms with Gasteiger partial charge in [-0.25, -0.2) is 4.79 Å². The van der Waals surface area contributed by atoms with Crippen LogP contribution in [0.2, 0.25) is 0 Å². The number of hydrogen-bond donors (Lipinski definition) is 0. The average molecular weight is 400 g/mol. The van der Waals surface area contributed by atoms with Gasteiger partial charge in [0.05, 0.1) is 20.9 Å². The van der Waals surface area contributed by atoms with Crippen molar-refractivity contribution in [1.29, 1.82) is 0 Å². The summed E-state index contributed by atoms with van der Waals surface area (Å²) in [5.41, 5.74) is -4.89. The van der Waals surface area contributed by atoms with Crippen molar-refractivity contribution in [3.63, 3.8) is 0 Å². The van der Waals surface area contributed by atoms with Gasteiger partial charge in [0.1, 0.15) is 5.60 Å². The lowest BCUT2D eigenvalue weighted by molar-refractivity contribution is 0.00578. The van der Waals surface area contributed by atoms with Gasteiger partial charge >= 0.3 is 13.2 Å². The van der Waals surface area contributed by atoms with Gasteiger partial charge in [0.25, 0.3) is 0 Å². The Kier molecular flexibility index (Phi) is 2.74. The summed E-state index contributed by atoms with van der Waals surface area (Å²) in [6, 6.07) is -2.05. The zero-order chi connectivity index (χ0) is 31.4. The maximum atomic E-state index is 13.0. The van der Waals surface area contributed by atoms with E-state index in [1.54, 1.807) is 27.7 Å². The van der Waals surface area contributed by atoms with Crippen molar-refractivity contribution < 1.29 is 35.3 Å². The standard InChI is InChI=1S/C21H33BN2O4/c1-19(2,3)26-18(25)24-12-9-15(10-13-24)16-8-11-23-17(14-16)22-27-20(4,5)21(6,7)28-22/h8,11,14-15H,9-10,12-13H2,1-7H3/i8D,9D2,10D2,11D,12D2,13D2,14D,15D. The van der Waals surface area contributed by atoms with E-state index in [9.17, 15) is 4.79 Å². The maximum Gasteiger partial charge on any atom is 0.514 e. The van der Waals surface area contributed by atoms with Gasteiger partial charge < -0.3 is 18.9 Å². The number of nitrogens with zero attached hydrogens (tertiary/aromatic N) is 2. The molecule has 0 radical (unpaired) electrons. The molecule has 0 aliphatic carbocycles. The monoisotopic (exact) mass is 400 g/mol. The Morgan fingerprint density at radius 2 is 1.89 bits per heavy atom. The topological polar surface area (TPSA) is 60.9 Å². The zero-order valence-electron chi connectivity index (χ0n) is 29.1. The highest BCUT2D eigenvalue weighted by Gasteiger charge is 2.52. The van der Waals surface area contributed by atoms with Gasteiger partial charge in [0.2, 0.25) is 0 Å². The Morgan fingerprint density at radius 3 is 2.43 bits per heavy atom. The second kappa shape index (κ2) is 7.34. The molecule has 0 unspecified atom stereocenters. The highest BCUT2D eigenvalue weighted by molar-refractivity contribution is 6.61. The number of hydrogen-bond acceptors (Lipinski definition) is 5. The summed E-state index contributed by atoms with van der Waals surface area (Å²) in [5, 5.41) is 0. The minimum absolute atomic E-state index is 0.358. The van der Waals surface area contributed by atoms with Gasteiger partial charge in [-0.2, -0.15) is 0 Å². The summed E-state index contributed by atoms with van der Waals surface area (Å²) >= 11 is 0. The van der Waals surface area contributed by atoms with E-state index in [0.717, 1.165) is 0 Å². The lowest BCUT2D eigenvalue weighted by atomic mass is 9.81. The Bertz CT molecular complexity index is 1190. The van der Waals surface area contributed by atoms with E-state index in [1.165, 1.54) is 20.8 Å². The molecule has 6 nitrogen and oxygen atoms in total. The number of pyridine rings is 1. The summed E-state index contributed by atoms with van der Waals surface area (Å²) in [6.07, 6.45) is -10.3. The Hall–Kier alpha value is -1.60. The molecule has 0 atom stereocenters. The largest absolute Gasteiger partial charge is 0.514 e. The van der Waals surface area contributed by atoms with Crippen LogP contribution in [0.25, 0.3) is 0 Å². The number of likely N-dealkylation sites (tertiary alicyclic amines) is 1. The van der Waals surface area contributed by atoms with E-state index in [-0.39, 0.29) is 4.90 Å². The van der Waals surface area contributed by atoms with Crippen molar-refractivity contribution in [2.75, 3.05) is 13.0 Å². The van der Waals surface area contributed by atoms with Crippen molar-refractivity contribution in [2.45, 2.75) is 83.9 Å². The highest BCUT2D eigenvalue weighted by atomic mass is 16.7. The fourth-order valence-electron chi connectivity index (χ4n) is 2.33. The number of aromatic nitrogens is 1. The van der Waals surface area contributed by atoms with E-state index < -0.39 is 91.1 Å². The molecule has 1 aromatic rings. The number of rotatable bonds is 2. The summed E-state index contributed by atoms with van der Waals surface area (Å²) in [6.45, 7) is 3.35. The molecule has 3 heterocycles. The van der Waals surface area contributed by atoms with E-state index in [1.807, 2.05) is 0 Å². The van der Waals surface area contributed by atoms with Gasteiger partial charge in [-0.1, -0.05) is 0 Å². The summed E-state index contributed by atoms with van der Waals surface area (Å²) in [5.74, 6) is -3.73. The first-order valence-electron chi connectivity index (χ1n) is 14.9. The zero-order valence-corrected chi connectivity index (χ0v) is 17.1. The van der Waals surface area contributed by atoms with Crippen LogP contribution in [0.3, 0.4) is 0 Å². The fraction of sp³-hybridized carbons (Fsp3) is 0.714. The SMILES string of the molecule is [2H]c1nc(B2OC(C)(C)C(C)(C)O2)c([2H])c(C2([2H])C([2H])([2H])C([2H])([2H])N(C(=O)OC(C)(C)C)C([2H])([2H])C2([2H])[2H])c1[2H]. The van der Waals surface area contributed by atoms with Crippen LogP contribution in [-0.2, 0) is 14.0 Å².